The maximum Gasteiger partial charge on any atom is 0.233 e. The van der Waals surface area contributed by atoms with Crippen LogP contribution in [0, 0.1) is 0 Å². The molecule has 0 heterocycles. The molecule has 0 unspecified atom stereocenters. The summed E-state index contributed by atoms with van der Waals surface area (Å²) in [4.78, 5) is 10.9. The molecule has 0 aromatic carbocycles. The molecular weight excluding hydrogens is 140 g/mol. The van der Waals surface area contributed by atoms with Gasteiger partial charge in [0.15, 0.2) is 0 Å². The second kappa shape index (κ2) is 6.16. The Kier molecular flexibility index (Phi) is 5.84. The van der Waals surface area contributed by atoms with E-state index in [1.807, 2.05) is 20.8 Å². The van der Waals surface area contributed by atoms with E-state index >= 15 is 0 Å². The van der Waals surface area contributed by atoms with Gasteiger partial charge >= 0.3 is 0 Å². The molecule has 0 saturated carbocycles. The number of nitrogens with one attached hydrogen (secondary N) is 2. The average Bonchev–Trinajstić information content (AvgIpc) is 1.97. The van der Waals surface area contributed by atoms with E-state index < -0.39 is 0 Å². The fourth-order valence-corrected chi connectivity index (χ4v) is 0.624. The first-order chi connectivity index (χ1) is 5.16. The first kappa shape index (κ1) is 10.4. The van der Waals surface area contributed by atoms with Gasteiger partial charge in [-0.1, -0.05) is 20.8 Å². The van der Waals surface area contributed by atoms with Crippen LogP contribution >= 0.6 is 0 Å². The molecule has 0 radical (unpaired) electrons. The Morgan fingerprint density at radius 1 is 1.55 bits per heavy atom. The van der Waals surface area contributed by atoms with Gasteiger partial charge in [0.1, 0.15) is 0 Å². The van der Waals surface area contributed by atoms with Crippen molar-refractivity contribution in [1.29, 1.82) is 0 Å². The highest BCUT2D eigenvalue weighted by Crippen LogP contribution is 1.75. The fraction of sp³-hybridized carbons (Fsp3) is 0.875. The summed E-state index contributed by atoms with van der Waals surface area (Å²) in [6.07, 6.45) is 0.993. The van der Waals surface area contributed by atoms with Gasteiger partial charge in [0.2, 0.25) is 5.91 Å². The van der Waals surface area contributed by atoms with Crippen LogP contribution < -0.4 is 10.6 Å². The zero-order chi connectivity index (χ0) is 8.69. The van der Waals surface area contributed by atoms with Crippen molar-refractivity contribution in [1.82, 2.24) is 10.6 Å². The summed E-state index contributed by atoms with van der Waals surface area (Å²) in [6, 6.07) is 0.377. The maximum absolute atomic E-state index is 10.9. The van der Waals surface area contributed by atoms with Crippen LogP contribution in [0.2, 0.25) is 0 Å². The van der Waals surface area contributed by atoms with Crippen LogP contribution in [0.15, 0.2) is 0 Å². The van der Waals surface area contributed by atoms with E-state index in [0.29, 0.717) is 12.6 Å². The van der Waals surface area contributed by atoms with Gasteiger partial charge in [0.25, 0.3) is 0 Å². The van der Waals surface area contributed by atoms with E-state index in [2.05, 4.69) is 10.6 Å². The molecule has 0 atom stereocenters. The fourth-order valence-electron chi connectivity index (χ4n) is 0.624. The third kappa shape index (κ3) is 7.33. The zero-order valence-electron chi connectivity index (χ0n) is 7.61. The van der Waals surface area contributed by atoms with Crippen LogP contribution in [0.5, 0.6) is 0 Å². The van der Waals surface area contributed by atoms with Crippen LogP contribution in [0.25, 0.3) is 0 Å². The molecule has 70 valence electrons. The third-order valence-electron chi connectivity index (χ3n) is 1.24. The SMILES string of the molecule is CCCNC(=O)CNC(C)C.[HH].[HH]. The first-order valence-corrected chi connectivity index (χ1v) is 4.17. The highest BCUT2D eigenvalue weighted by atomic mass is 16.1. The summed E-state index contributed by atoms with van der Waals surface area (Å²) < 4.78 is 0. The van der Waals surface area contributed by atoms with Crippen molar-refractivity contribution in [2.75, 3.05) is 13.1 Å². The Morgan fingerprint density at radius 3 is 2.64 bits per heavy atom. The Labute approximate surface area is 71.5 Å². The Morgan fingerprint density at radius 2 is 2.18 bits per heavy atom. The van der Waals surface area contributed by atoms with Gasteiger partial charge in [-0.2, -0.15) is 0 Å². The van der Waals surface area contributed by atoms with Gasteiger partial charge in [0, 0.05) is 15.4 Å². The molecule has 0 aliphatic heterocycles. The van der Waals surface area contributed by atoms with Crippen LogP contribution in [-0.4, -0.2) is 25.0 Å². The van der Waals surface area contributed by atoms with Crippen molar-refractivity contribution in [2.24, 2.45) is 0 Å². The van der Waals surface area contributed by atoms with Crippen molar-refractivity contribution >= 4 is 5.91 Å². The van der Waals surface area contributed by atoms with Crippen molar-refractivity contribution in [2.45, 2.75) is 33.2 Å². The average molecular weight is 162 g/mol. The predicted octanol–water partition coefficient (Wildman–Crippen LogP) is 1.00. The molecule has 1 amide bonds. The van der Waals surface area contributed by atoms with Crippen molar-refractivity contribution in [3.05, 3.63) is 0 Å². The highest BCUT2D eigenvalue weighted by molar-refractivity contribution is 5.77. The van der Waals surface area contributed by atoms with Gasteiger partial charge in [-0.05, 0) is 6.42 Å². The van der Waals surface area contributed by atoms with Crippen molar-refractivity contribution in [3.8, 4) is 0 Å². The standard InChI is InChI=1S/C8H18N2O.2H2/c1-4-5-9-8(11)6-10-7(2)3;;/h7,10H,4-6H2,1-3H3,(H,9,11);2*1H. The summed E-state index contributed by atoms with van der Waals surface area (Å²) in [5.74, 6) is 0.0838. The maximum atomic E-state index is 10.9. The van der Waals surface area contributed by atoms with Crippen molar-refractivity contribution < 1.29 is 7.65 Å². The molecule has 3 heteroatoms. The minimum atomic E-state index is 0. The quantitative estimate of drug-likeness (QED) is 0.633. The van der Waals surface area contributed by atoms with E-state index in [9.17, 15) is 4.79 Å². The molecule has 11 heavy (non-hydrogen) atoms. The van der Waals surface area contributed by atoms with Gasteiger partial charge in [-0.15, -0.1) is 0 Å². The Bertz CT molecular complexity index is 121. The molecule has 0 fully saturated rings. The summed E-state index contributed by atoms with van der Waals surface area (Å²) in [5.41, 5.74) is 0. The van der Waals surface area contributed by atoms with Crippen LogP contribution in [0.3, 0.4) is 0 Å². The lowest BCUT2D eigenvalue weighted by molar-refractivity contribution is -0.120. The lowest BCUT2D eigenvalue weighted by atomic mass is 10.4. The lowest BCUT2D eigenvalue weighted by Gasteiger charge is -2.07. The molecular formula is C8H22N2O. The molecule has 0 aromatic rings. The smallest absolute Gasteiger partial charge is 0.233 e. The monoisotopic (exact) mass is 162 g/mol. The number of hydrogen-bond donors (Lipinski definition) is 2. The predicted molar refractivity (Wildman–Crippen MR) is 50.7 cm³/mol. The first-order valence-electron chi connectivity index (χ1n) is 4.17. The second-order valence-electron chi connectivity index (χ2n) is 2.89. The van der Waals surface area contributed by atoms with E-state index in [-0.39, 0.29) is 8.76 Å². The number of hydrogen-bond acceptors (Lipinski definition) is 2. The topological polar surface area (TPSA) is 41.1 Å². The third-order valence-corrected chi connectivity index (χ3v) is 1.24. The normalized spacial score (nSPS) is 10.2. The second-order valence-corrected chi connectivity index (χ2v) is 2.89. The summed E-state index contributed by atoms with van der Waals surface area (Å²) in [6.45, 7) is 7.28. The molecule has 2 N–H and O–H groups in total. The summed E-state index contributed by atoms with van der Waals surface area (Å²) >= 11 is 0. The molecule has 0 aliphatic rings. The Hall–Kier alpha value is -0.570. The van der Waals surface area contributed by atoms with Gasteiger partial charge in [0.05, 0.1) is 6.54 Å². The molecule has 0 rings (SSSR count). The minimum absolute atomic E-state index is 0. The number of carbonyl (C=O) groups is 1. The molecule has 0 saturated heterocycles. The summed E-state index contributed by atoms with van der Waals surface area (Å²) in [7, 11) is 0. The lowest BCUT2D eigenvalue weighted by Crippen LogP contribution is -2.37. The van der Waals surface area contributed by atoms with E-state index in [1.54, 1.807) is 0 Å². The van der Waals surface area contributed by atoms with E-state index in [4.69, 9.17) is 0 Å². The molecule has 0 bridgehead atoms. The van der Waals surface area contributed by atoms with Crippen molar-refractivity contribution in [3.63, 3.8) is 0 Å². The summed E-state index contributed by atoms with van der Waals surface area (Å²) in [5, 5.41) is 5.83. The van der Waals surface area contributed by atoms with Crippen LogP contribution in [0.1, 0.15) is 30.0 Å². The molecule has 0 aliphatic carbocycles. The number of rotatable bonds is 5. The van der Waals surface area contributed by atoms with Gasteiger partial charge < -0.3 is 10.6 Å². The molecule has 0 spiro atoms. The largest absolute Gasteiger partial charge is 0.355 e. The zero-order valence-corrected chi connectivity index (χ0v) is 7.61. The Balaban J connectivity index is -0.000000500. The number of carbonyl (C=O) groups excluding carboxylic acids is 1. The molecule has 0 aromatic heterocycles. The minimum Gasteiger partial charge on any atom is -0.355 e. The van der Waals surface area contributed by atoms with Gasteiger partial charge in [-0.25, -0.2) is 0 Å². The van der Waals surface area contributed by atoms with E-state index in [1.165, 1.54) is 0 Å². The number of amides is 1. The van der Waals surface area contributed by atoms with Gasteiger partial charge in [-0.3, -0.25) is 4.79 Å². The van der Waals surface area contributed by atoms with E-state index in [0.717, 1.165) is 13.0 Å². The van der Waals surface area contributed by atoms with Crippen LogP contribution in [-0.2, 0) is 4.79 Å². The molecule has 3 nitrogen and oxygen atoms in total. The van der Waals surface area contributed by atoms with Crippen LogP contribution in [0.4, 0.5) is 0 Å². The highest BCUT2D eigenvalue weighted by Gasteiger charge is 1.99.